The zero-order valence-electron chi connectivity index (χ0n) is 11.6. The van der Waals surface area contributed by atoms with Crippen molar-refractivity contribution in [1.82, 2.24) is 5.32 Å². The summed E-state index contributed by atoms with van der Waals surface area (Å²) in [6, 6.07) is 7.67. The molecular weight excluding hydrogens is 256 g/mol. The molecule has 1 amide bonds. The van der Waals surface area contributed by atoms with Gasteiger partial charge in [-0.1, -0.05) is 19.1 Å². The second kappa shape index (κ2) is 5.91. The summed E-state index contributed by atoms with van der Waals surface area (Å²) in [4.78, 5) is 12.2. The van der Waals surface area contributed by atoms with Gasteiger partial charge < -0.3 is 20.1 Å². The predicted octanol–water partition coefficient (Wildman–Crippen LogP) is 1.53. The SMILES string of the molecule is CC1CNCC1C(=O)Nc1cccc(C2OCCO2)c1. The van der Waals surface area contributed by atoms with Crippen LogP contribution in [0.5, 0.6) is 0 Å². The first-order chi connectivity index (χ1) is 9.74. The molecule has 0 aliphatic carbocycles. The van der Waals surface area contributed by atoms with E-state index in [2.05, 4.69) is 17.6 Å². The molecule has 0 saturated carbocycles. The Bertz CT molecular complexity index is 486. The number of ether oxygens (including phenoxy) is 2. The fourth-order valence-corrected chi connectivity index (χ4v) is 2.71. The Morgan fingerprint density at radius 3 is 2.80 bits per heavy atom. The number of hydrogen-bond donors (Lipinski definition) is 2. The minimum atomic E-state index is -0.307. The third-order valence-corrected chi connectivity index (χ3v) is 3.90. The van der Waals surface area contributed by atoms with E-state index in [1.807, 2.05) is 24.3 Å². The molecule has 2 aliphatic heterocycles. The quantitative estimate of drug-likeness (QED) is 0.879. The molecule has 20 heavy (non-hydrogen) atoms. The fraction of sp³-hybridized carbons (Fsp3) is 0.533. The van der Waals surface area contributed by atoms with Gasteiger partial charge in [0.15, 0.2) is 6.29 Å². The molecule has 5 nitrogen and oxygen atoms in total. The van der Waals surface area contributed by atoms with E-state index in [0.717, 1.165) is 24.3 Å². The normalized spacial score (nSPS) is 26.9. The molecule has 2 unspecified atom stereocenters. The van der Waals surface area contributed by atoms with Gasteiger partial charge in [-0.2, -0.15) is 0 Å². The maximum absolute atomic E-state index is 12.2. The van der Waals surface area contributed by atoms with Crippen LogP contribution >= 0.6 is 0 Å². The second-order valence-electron chi connectivity index (χ2n) is 5.43. The first-order valence-corrected chi connectivity index (χ1v) is 7.09. The molecule has 2 fully saturated rings. The van der Waals surface area contributed by atoms with Gasteiger partial charge in [-0.3, -0.25) is 4.79 Å². The number of anilines is 1. The van der Waals surface area contributed by atoms with Crippen molar-refractivity contribution in [2.75, 3.05) is 31.6 Å². The van der Waals surface area contributed by atoms with Gasteiger partial charge in [-0.05, 0) is 24.6 Å². The number of benzene rings is 1. The van der Waals surface area contributed by atoms with Crippen LogP contribution in [0.1, 0.15) is 18.8 Å². The van der Waals surface area contributed by atoms with Crippen molar-refractivity contribution in [2.45, 2.75) is 13.2 Å². The highest BCUT2D eigenvalue weighted by atomic mass is 16.7. The van der Waals surface area contributed by atoms with Crippen LogP contribution in [0.2, 0.25) is 0 Å². The lowest BCUT2D eigenvalue weighted by Crippen LogP contribution is -2.27. The molecule has 108 valence electrons. The van der Waals surface area contributed by atoms with Gasteiger partial charge in [0.25, 0.3) is 0 Å². The lowest BCUT2D eigenvalue weighted by molar-refractivity contribution is -0.120. The Balaban J connectivity index is 1.67. The van der Waals surface area contributed by atoms with Gasteiger partial charge in [-0.15, -0.1) is 0 Å². The maximum atomic E-state index is 12.2. The van der Waals surface area contributed by atoms with Crippen molar-refractivity contribution in [3.8, 4) is 0 Å². The van der Waals surface area contributed by atoms with Crippen molar-refractivity contribution in [1.29, 1.82) is 0 Å². The molecule has 1 aromatic carbocycles. The molecule has 2 atom stereocenters. The van der Waals surface area contributed by atoms with Gasteiger partial charge in [0.05, 0.1) is 19.1 Å². The fourth-order valence-electron chi connectivity index (χ4n) is 2.71. The van der Waals surface area contributed by atoms with Crippen LogP contribution < -0.4 is 10.6 Å². The highest BCUT2D eigenvalue weighted by molar-refractivity contribution is 5.93. The molecule has 2 aliphatic rings. The van der Waals surface area contributed by atoms with Crippen molar-refractivity contribution in [2.24, 2.45) is 11.8 Å². The van der Waals surface area contributed by atoms with E-state index in [0.29, 0.717) is 19.1 Å². The Morgan fingerprint density at radius 2 is 2.10 bits per heavy atom. The van der Waals surface area contributed by atoms with Crippen molar-refractivity contribution < 1.29 is 14.3 Å². The Morgan fingerprint density at radius 1 is 1.30 bits per heavy atom. The third kappa shape index (κ3) is 2.85. The molecule has 3 rings (SSSR count). The van der Waals surface area contributed by atoms with Crippen LogP contribution in [-0.4, -0.2) is 32.2 Å². The Labute approximate surface area is 118 Å². The molecule has 0 bridgehead atoms. The number of nitrogens with one attached hydrogen (secondary N) is 2. The van der Waals surface area contributed by atoms with Crippen molar-refractivity contribution >= 4 is 11.6 Å². The van der Waals surface area contributed by atoms with Crippen molar-refractivity contribution in [3.63, 3.8) is 0 Å². The van der Waals surface area contributed by atoms with E-state index in [-0.39, 0.29) is 18.1 Å². The summed E-state index contributed by atoms with van der Waals surface area (Å²) in [6.45, 7) is 4.99. The van der Waals surface area contributed by atoms with Crippen LogP contribution in [0.15, 0.2) is 24.3 Å². The first-order valence-electron chi connectivity index (χ1n) is 7.09. The average molecular weight is 276 g/mol. The highest BCUT2D eigenvalue weighted by Crippen LogP contribution is 2.26. The highest BCUT2D eigenvalue weighted by Gasteiger charge is 2.29. The predicted molar refractivity (Wildman–Crippen MR) is 75.2 cm³/mol. The minimum Gasteiger partial charge on any atom is -0.346 e. The van der Waals surface area contributed by atoms with E-state index in [9.17, 15) is 4.79 Å². The number of carbonyl (C=O) groups excluding carboxylic acids is 1. The number of rotatable bonds is 3. The molecule has 2 saturated heterocycles. The summed E-state index contributed by atoms with van der Waals surface area (Å²) in [5, 5.41) is 6.23. The lowest BCUT2D eigenvalue weighted by Gasteiger charge is -2.15. The summed E-state index contributed by atoms with van der Waals surface area (Å²) < 4.78 is 10.9. The molecule has 1 aromatic rings. The first kappa shape index (κ1) is 13.5. The third-order valence-electron chi connectivity index (χ3n) is 3.90. The average Bonchev–Trinajstić information content (AvgIpc) is 3.09. The van der Waals surface area contributed by atoms with Gasteiger partial charge in [0.1, 0.15) is 0 Å². The topological polar surface area (TPSA) is 59.6 Å². The molecule has 0 radical (unpaired) electrons. The van der Waals surface area contributed by atoms with Crippen LogP contribution in [0.4, 0.5) is 5.69 Å². The van der Waals surface area contributed by atoms with Gasteiger partial charge in [0.2, 0.25) is 5.91 Å². The van der Waals surface area contributed by atoms with Gasteiger partial charge in [-0.25, -0.2) is 0 Å². The molecule has 5 heteroatoms. The molecular formula is C15H20N2O3. The van der Waals surface area contributed by atoms with Crippen molar-refractivity contribution in [3.05, 3.63) is 29.8 Å². The Hall–Kier alpha value is -1.43. The largest absolute Gasteiger partial charge is 0.346 e. The van der Waals surface area contributed by atoms with Gasteiger partial charge in [0, 0.05) is 17.8 Å². The summed E-state index contributed by atoms with van der Waals surface area (Å²) >= 11 is 0. The summed E-state index contributed by atoms with van der Waals surface area (Å²) in [5.74, 6) is 0.491. The van der Waals surface area contributed by atoms with E-state index >= 15 is 0 Å². The van der Waals surface area contributed by atoms with Gasteiger partial charge >= 0.3 is 0 Å². The lowest BCUT2D eigenvalue weighted by atomic mass is 9.97. The van der Waals surface area contributed by atoms with Crippen LogP contribution in [0.25, 0.3) is 0 Å². The molecule has 2 N–H and O–H groups in total. The van der Waals surface area contributed by atoms with E-state index in [1.54, 1.807) is 0 Å². The van der Waals surface area contributed by atoms with E-state index < -0.39 is 0 Å². The summed E-state index contributed by atoms with van der Waals surface area (Å²) in [7, 11) is 0. The van der Waals surface area contributed by atoms with E-state index in [1.165, 1.54) is 0 Å². The number of amides is 1. The summed E-state index contributed by atoms with van der Waals surface area (Å²) in [5.41, 5.74) is 1.74. The molecule has 2 heterocycles. The second-order valence-corrected chi connectivity index (χ2v) is 5.43. The molecule has 0 aromatic heterocycles. The van der Waals surface area contributed by atoms with E-state index in [4.69, 9.17) is 9.47 Å². The van der Waals surface area contributed by atoms with Crippen LogP contribution in [-0.2, 0) is 14.3 Å². The summed E-state index contributed by atoms with van der Waals surface area (Å²) in [6.07, 6.45) is -0.307. The minimum absolute atomic E-state index is 0.0395. The molecule has 0 spiro atoms. The number of hydrogen-bond acceptors (Lipinski definition) is 4. The number of carbonyl (C=O) groups is 1. The zero-order valence-corrected chi connectivity index (χ0v) is 11.6. The smallest absolute Gasteiger partial charge is 0.229 e. The maximum Gasteiger partial charge on any atom is 0.229 e. The standard InChI is InChI=1S/C15H20N2O3/c1-10-8-16-9-13(10)14(18)17-12-4-2-3-11(7-12)15-19-5-6-20-15/h2-4,7,10,13,15-16H,5-6,8-9H2,1H3,(H,17,18). The van der Waals surface area contributed by atoms with Crippen LogP contribution in [0, 0.1) is 11.8 Å². The monoisotopic (exact) mass is 276 g/mol. The zero-order chi connectivity index (χ0) is 13.9. The van der Waals surface area contributed by atoms with Crippen LogP contribution in [0.3, 0.4) is 0 Å². The Kier molecular flexibility index (Phi) is 4.00.